The predicted octanol–water partition coefficient (Wildman–Crippen LogP) is 1.56. The Hall–Kier alpha value is -3.24. The molecule has 0 aliphatic heterocycles. The topological polar surface area (TPSA) is 137 Å². The van der Waals surface area contributed by atoms with Gasteiger partial charge >= 0.3 is 5.82 Å². The number of hydrogen-bond acceptors (Lipinski definition) is 6. The number of carbonyl (C=O) groups is 2. The summed E-state index contributed by atoms with van der Waals surface area (Å²) >= 11 is 0. The summed E-state index contributed by atoms with van der Waals surface area (Å²) in [6.07, 6.45) is 2.54. The van der Waals surface area contributed by atoms with Crippen molar-refractivity contribution in [3.63, 3.8) is 0 Å². The normalized spacial score (nSPS) is 11.9. The van der Waals surface area contributed by atoms with E-state index in [9.17, 15) is 19.7 Å². The number of carbonyl (C=O) groups excluding carboxylic acids is 2. The molecular weight excluding hydrogens is 354 g/mol. The monoisotopic (exact) mass is 377 g/mol. The van der Waals surface area contributed by atoms with Crippen LogP contribution >= 0.6 is 0 Å². The molecule has 2 aromatic rings. The van der Waals surface area contributed by atoms with Crippen LogP contribution in [0.15, 0.2) is 12.3 Å². The third kappa shape index (κ3) is 4.30. The molecule has 2 heterocycles. The van der Waals surface area contributed by atoms with Crippen LogP contribution in [0.3, 0.4) is 0 Å². The Morgan fingerprint density at radius 3 is 2.63 bits per heavy atom. The van der Waals surface area contributed by atoms with Gasteiger partial charge in [0.1, 0.15) is 5.69 Å². The van der Waals surface area contributed by atoms with Gasteiger partial charge in [0.2, 0.25) is 0 Å². The number of amides is 2. The van der Waals surface area contributed by atoms with Crippen LogP contribution in [0, 0.1) is 17.0 Å². The summed E-state index contributed by atoms with van der Waals surface area (Å²) in [4.78, 5) is 35.4. The van der Waals surface area contributed by atoms with Crippen molar-refractivity contribution in [3.8, 4) is 0 Å². The Bertz CT molecular complexity index is 855. The van der Waals surface area contributed by atoms with Crippen molar-refractivity contribution in [2.45, 2.75) is 39.7 Å². The molecule has 11 nitrogen and oxygen atoms in total. The molecule has 0 saturated heterocycles. The van der Waals surface area contributed by atoms with Gasteiger partial charge in [0, 0.05) is 13.6 Å². The molecule has 0 aliphatic carbocycles. The quantitative estimate of drug-likeness (QED) is 0.529. The average molecular weight is 377 g/mol. The second kappa shape index (κ2) is 8.43. The van der Waals surface area contributed by atoms with Crippen molar-refractivity contribution in [3.05, 3.63) is 33.8 Å². The van der Waals surface area contributed by atoms with E-state index in [0.717, 1.165) is 6.42 Å². The molecule has 2 N–H and O–H groups in total. The first-order valence-corrected chi connectivity index (χ1v) is 8.61. The SMILES string of the molecule is CCCNC(=O)c1c(NC(=O)C(CC)n2nc([N+](=O)[O-])cc2C)cnn1C. The van der Waals surface area contributed by atoms with Crippen LogP contribution < -0.4 is 10.6 Å². The van der Waals surface area contributed by atoms with Crippen molar-refractivity contribution in [1.29, 1.82) is 0 Å². The van der Waals surface area contributed by atoms with Gasteiger partial charge in [0.25, 0.3) is 11.8 Å². The number of anilines is 1. The van der Waals surface area contributed by atoms with Crippen molar-refractivity contribution in [2.75, 3.05) is 11.9 Å². The first-order chi connectivity index (χ1) is 12.8. The van der Waals surface area contributed by atoms with E-state index in [1.54, 1.807) is 20.9 Å². The molecule has 0 fully saturated rings. The summed E-state index contributed by atoms with van der Waals surface area (Å²) in [6, 6.07) is 0.550. The van der Waals surface area contributed by atoms with Crippen molar-refractivity contribution in [2.24, 2.45) is 7.05 Å². The van der Waals surface area contributed by atoms with Crippen LogP contribution in [-0.4, -0.2) is 42.8 Å². The Morgan fingerprint density at radius 2 is 2.07 bits per heavy atom. The molecule has 146 valence electrons. The largest absolute Gasteiger partial charge is 0.390 e. The second-order valence-electron chi connectivity index (χ2n) is 6.05. The van der Waals surface area contributed by atoms with Gasteiger partial charge in [0.15, 0.2) is 6.04 Å². The fourth-order valence-electron chi connectivity index (χ4n) is 2.68. The lowest BCUT2D eigenvalue weighted by Crippen LogP contribution is -2.30. The summed E-state index contributed by atoms with van der Waals surface area (Å²) in [5, 5.41) is 24.3. The van der Waals surface area contributed by atoms with Crippen LogP contribution in [0.4, 0.5) is 11.5 Å². The van der Waals surface area contributed by atoms with E-state index in [0.29, 0.717) is 18.7 Å². The minimum absolute atomic E-state index is 0.231. The summed E-state index contributed by atoms with van der Waals surface area (Å²) in [6.45, 7) is 5.85. The molecule has 0 aliphatic rings. The van der Waals surface area contributed by atoms with Crippen molar-refractivity contribution >= 4 is 23.3 Å². The van der Waals surface area contributed by atoms with Gasteiger partial charge in [-0.1, -0.05) is 13.8 Å². The highest BCUT2D eigenvalue weighted by Crippen LogP contribution is 2.22. The lowest BCUT2D eigenvalue weighted by atomic mass is 10.2. The van der Waals surface area contributed by atoms with Crippen LogP contribution in [0.2, 0.25) is 0 Å². The number of nitrogens with zero attached hydrogens (tertiary/aromatic N) is 5. The molecule has 27 heavy (non-hydrogen) atoms. The number of nitrogens with one attached hydrogen (secondary N) is 2. The van der Waals surface area contributed by atoms with Gasteiger partial charge < -0.3 is 20.7 Å². The van der Waals surface area contributed by atoms with E-state index in [1.165, 1.54) is 21.6 Å². The molecule has 2 amide bonds. The predicted molar refractivity (Wildman–Crippen MR) is 97.4 cm³/mol. The fourth-order valence-corrected chi connectivity index (χ4v) is 2.68. The minimum Gasteiger partial charge on any atom is -0.358 e. The summed E-state index contributed by atoms with van der Waals surface area (Å²) in [5.41, 5.74) is 1.000. The van der Waals surface area contributed by atoms with Gasteiger partial charge in [-0.25, -0.2) is 0 Å². The minimum atomic E-state index is -0.759. The molecule has 0 radical (unpaired) electrons. The van der Waals surface area contributed by atoms with Crippen LogP contribution in [0.1, 0.15) is 48.9 Å². The zero-order chi connectivity index (χ0) is 20.1. The van der Waals surface area contributed by atoms with Crippen LogP contribution in [0.25, 0.3) is 0 Å². The van der Waals surface area contributed by atoms with E-state index in [4.69, 9.17) is 0 Å². The number of nitro groups is 1. The Morgan fingerprint density at radius 1 is 1.37 bits per heavy atom. The maximum Gasteiger partial charge on any atom is 0.390 e. The fraction of sp³-hybridized carbons (Fsp3) is 0.500. The lowest BCUT2D eigenvalue weighted by molar-refractivity contribution is -0.389. The third-order valence-electron chi connectivity index (χ3n) is 4.03. The van der Waals surface area contributed by atoms with Gasteiger partial charge in [-0.15, -0.1) is 0 Å². The molecule has 0 saturated carbocycles. The summed E-state index contributed by atoms with van der Waals surface area (Å²) in [7, 11) is 1.61. The molecule has 2 aromatic heterocycles. The molecule has 2 rings (SSSR count). The number of aromatic nitrogens is 4. The molecule has 1 atom stereocenters. The van der Waals surface area contributed by atoms with E-state index in [1.807, 2.05) is 6.92 Å². The lowest BCUT2D eigenvalue weighted by Gasteiger charge is -2.14. The Balaban J connectivity index is 2.25. The Kier molecular flexibility index (Phi) is 6.27. The standard InChI is InChI=1S/C16H23N7O4/c1-5-7-17-16(25)14-11(9-18-21(14)4)19-15(24)12(6-2)22-10(3)8-13(20-22)23(26)27/h8-9,12H,5-7H2,1-4H3,(H,17,25)(H,19,24). The van der Waals surface area contributed by atoms with E-state index >= 15 is 0 Å². The maximum absolute atomic E-state index is 12.8. The molecular formula is C16H23N7O4. The smallest absolute Gasteiger partial charge is 0.358 e. The second-order valence-corrected chi connectivity index (χ2v) is 6.05. The molecule has 0 bridgehead atoms. The highest BCUT2D eigenvalue weighted by atomic mass is 16.6. The number of rotatable bonds is 8. The van der Waals surface area contributed by atoms with Gasteiger partial charge in [-0.3, -0.25) is 14.3 Å². The zero-order valence-corrected chi connectivity index (χ0v) is 15.7. The Labute approximate surface area is 155 Å². The van der Waals surface area contributed by atoms with Gasteiger partial charge in [-0.2, -0.15) is 9.78 Å². The van der Waals surface area contributed by atoms with Crippen molar-refractivity contribution in [1.82, 2.24) is 24.9 Å². The maximum atomic E-state index is 12.8. The zero-order valence-electron chi connectivity index (χ0n) is 15.7. The molecule has 0 aromatic carbocycles. The van der Waals surface area contributed by atoms with Crippen LogP contribution in [0.5, 0.6) is 0 Å². The summed E-state index contributed by atoms with van der Waals surface area (Å²) < 4.78 is 2.70. The van der Waals surface area contributed by atoms with E-state index in [2.05, 4.69) is 20.8 Å². The average Bonchev–Trinajstić information content (AvgIpc) is 3.17. The number of aryl methyl sites for hydroxylation is 2. The third-order valence-corrected chi connectivity index (χ3v) is 4.03. The van der Waals surface area contributed by atoms with Crippen molar-refractivity contribution < 1.29 is 14.5 Å². The first-order valence-electron chi connectivity index (χ1n) is 8.61. The molecule has 11 heteroatoms. The molecule has 1 unspecified atom stereocenters. The highest BCUT2D eigenvalue weighted by molar-refractivity contribution is 6.03. The highest BCUT2D eigenvalue weighted by Gasteiger charge is 2.28. The summed E-state index contributed by atoms with van der Waals surface area (Å²) in [5.74, 6) is -1.10. The molecule has 0 spiro atoms. The van der Waals surface area contributed by atoms with Crippen LogP contribution in [-0.2, 0) is 11.8 Å². The van der Waals surface area contributed by atoms with E-state index in [-0.39, 0.29) is 23.1 Å². The van der Waals surface area contributed by atoms with E-state index < -0.39 is 16.9 Å². The number of hydrogen-bond donors (Lipinski definition) is 2. The first kappa shape index (κ1) is 20.1. The van der Waals surface area contributed by atoms with Gasteiger partial charge in [-0.05, 0) is 24.7 Å². The van der Waals surface area contributed by atoms with Gasteiger partial charge in [0.05, 0.1) is 28.7 Å².